The van der Waals surface area contributed by atoms with Crippen LogP contribution < -0.4 is 4.74 Å². The summed E-state index contributed by atoms with van der Waals surface area (Å²) >= 11 is 0. The first-order valence-corrected chi connectivity index (χ1v) is 10.3. The molecule has 1 N–H and O–H groups in total. The minimum atomic E-state index is -0.0480. The molecule has 7 nitrogen and oxygen atoms in total. The average molecular weight is 396 g/mol. The molecule has 2 aliphatic rings. The van der Waals surface area contributed by atoms with Crippen LogP contribution in [0.5, 0.6) is 5.75 Å². The van der Waals surface area contributed by atoms with E-state index < -0.39 is 0 Å². The van der Waals surface area contributed by atoms with Gasteiger partial charge >= 0.3 is 0 Å². The summed E-state index contributed by atoms with van der Waals surface area (Å²) in [4.78, 5) is 29.7. The number of aromatic amines is 1. The maximum Gasteiger partial charge on any atom is 0.274 e. The normalized spacial score (nSPS) is 17.0. The number of carbonyl (C=O) groups is 2. The Balaban J connectivity index is 1.50. The summed E-state index contributed by atoms with van der Waals surface area (Å²) in [5, 5.41) is 7.36. The lowest BCUT2D eigenvalue weighted by Crippen LogP contribution is -2.40. The highest BCUT2D eigenvalue weighted by Crippen LogP contribution is 2.26. The van der Waals surface area contributed by atoms with E-state index in [0.717, 1.165) is 29.8 Å². The summed E-state index contributed by atoms with van der Waals surface area (Å²) in [5.74, 6) is 0.627. The molecule has 2 amide bonds. The van der Waals surface area contributed by atoms with Gasteiger partial charge in [0.05, 0.1) is 13.7 Å². The summed E-state index contributed by atoms with van der Waals surface area (Å²) in [6.45, 7) is 1.00. The molecule has 1 aromatic heterocycles. The van der Waals surface area contributed by atoms with Gasteiger partial charge in [0.1, 0.15) is 5.75 Å². The van der Waals surface area contributed by atoms with Crippen LogP contribution in [0.1, 0.15) is 64.2 Å². The van der Waals surface area contributed by atoms with E-state index in [4.69, 9.17) is 4.74 Å². The van der Waals surface area contributed by atoms with E-state index in [1.807, 2.05) is 11.9 Å². The molecule has 1 aliphatic heterocycles. The van der Waals surface area contributed by atoms with Crippen LogP contribution in [-0.2, 0) is 13.0 Å². The van der Waals surface area contributed by atoms with Crippen LogP contribution in [0.4, 0.5) is 0 Å². The molecule has 29 heavy (non-hydrogen) atoms. The molecule has 0 unspecified atom stereocenters. The van der Waals surface area contributed by atoms with E-state index in [1.165, 1.54) is 19.3 Å². The number of rotatable bonds is 4. The van der Waals surface area contributed by atoms with Crippen LogP contribution in [0, 0.1) is 0 Å². The molecule has 7 heteroatoms. The molecule has 1 aromatic carbocycles. The van der Waals surface area contributed by atoms with Crippen molar-refractivity contribution in [2.75, 3.05) is 20.7 Å². The Morgan fingerprint density at radius 1 is 1.17 bits per heavy atom. The zero-order valence-corrected chi connectivity index (χ0v) is 17.1. The second kappa shape index (κ2) is 8.27. The number of aromatic nitrogens is 2. The molecule has 1 fully saturated rings. The van der Waals surface area contributed by atoms with Crippen molar-refractivity contribution in [3.8, 4) is 5.75 Å². The topological polar surface area (TPSA) is 78.5 Å². The van der Waals surface area contributed by atoms with E-state index in [1.54, 1.807) is 36.3 Å². The van der Waals surface area contributed by atoms with Gasteiger partial charge in [-0.05, 0) is 37.1 Å². The zero-order chi connectivity index (χ0) is 20.4. The first kappa shape index (κ1) is 19.5. The molecule has 2 aromatic rings. The standard InChI is InChI=1S/C22H28N4O3/c1-25(16-6-4-3-5-7-16)22(28)20-18-14-26(13-12-19(18)23-24-20)21(27)15-8-10-17(29-2)11-9-15/h8-11,16H,3-7,12-14H2,1-2H3,(H,23,24). The smallest absolute Gasteiger partial charge is 0.274 e. The minimum Gasteiger partial charge on any atom is -0.497 e. The minimum absolute atomic E-state index is 0.0430. The third-order valence-electron chi connectivity index (χ3n) is 6.20. The maximum absolute atomic E-state index is 13.1. The monoisotopic (exact) mass is 396 g/mol. The maximum atomic E-state index is 13.1. The molecule has 0 atom stereocenters. The largest absolute Gasteiger partial charge is 0.497 e. The number of nitrogens with one attached hydrogen (secondary N) is 1. The number of amides is 2. The fraction of sp³-hybridized carbons (Fsp3) is 0.500. The fourth-order valence-corrected chi connectivity index (χ4v) is 4.36. The van der Waals surface area contributed by atoms with E-state index >= 15 is 0 Å². The second-order valence-electron chi connectivity index (χ2n) is 7.94. The van der Waals surface area contributed by atoms with Crippen molar-refractivity contribution in [2.45, 2.75) is 51.1 Å². The van der Waals surface area contributed by atoms with Crippen LogP contribution in [0.3, 0.4) is 0 Å². The highest BCUT2D eigenvalue weighted by Gasteiger charge is 2.31. The average Bonchev–Trinajstić information content (AvgIpc) is 3.21. The molecule has 0 bridgehead atoms. The summed E-state index contributed by atoms with van der Waals surface area (Å²) in [6, 6.07) is 7.40. The molecular formula is C22H28N4O3. The Kier molecular flexibility index (Phi) is 5.56. The Labute approximate surface area is 171 Å². The Morgan fingerprint density at radius 3 is 2.59 bits per heavy atom. The highest BCUT2D eigenvalue weighted by molar-refractivity contribution is 5.96. The van der Waals surface area contributed by atoms with Gasteiger partial charge in [-0.15, -0.1) is 0 Å². The summed E-state index contributed by atoms with van der Waals surface area (Å²) in [5.41, 5.74) is 2.89. The fourth-order valence-electron chi connectivity index (χ4n) is 4.36. The van der Waals surface area contributed by atoms with Gasteiger partial charge in [-0.3, -0.25) is 14.7 Å². The number of fused-ring (bicyclic) bond motifs is 1. The number of H-pyrrole nitrogens is 1. The zero-order valence-electron chi connectivity index (χ0n) is 17.1. The summed E-state index contributed by atoms with van der Waals surface area (Å²) < 4.78 is 5.17. The van der Waals surface area contributed by atoms with Gasteiger partial charge in [0, 0.05) is 42.9 Å². The van der Waals surface area contributed by atoms with E-state index in [9.17, 15) is 9.59 Å². The molecular weight excluding hydrogens is 368 g/mol. The van der Waals surface area contributed by atoms with E-state index in [2.05, 4.69) is 10.2 Å². The van der Waals surface area contributed by atoms with Crippen LogP contribution in [0.15, 0.2) is 24.3 Å². The Hall–Kier alpha value is -2.83. The first-order chi connectivity index (χ1) is 14.1. The predicted molar refractivity (Wildman–Crippen MR) is 109 cm³/mol. The van der Waals surface area contributed by atoms with E-state index in [-0.39, 0.29) is 17.9 Å². The van der Waals surface area contributed by atoms with Gasteiger partial charge in [0.15, 0.2) is 5.69 Å². The number of nitrogens with zero attached hydrogens (tertiary/aromatic N) is 3. The SMILES string of the molecule is COc1ccc(C(=O)N2CCc3[nH]nc(C(=O)N(C)C4CCCCC4)c3C2)cc1. The highest BCUT2D eigenvalue weighted by atomic mass is 16.5. The third-order valence-corrected chi connectivity index (χ3v) is 6.20. The molecule has 0 spiro atoms. The van der Waals surface area contributed by atoms with Gasteiger partial charge in [-0.2, -0.15) is 5.10 Å². The van der Waals surface area contributed by atoms with Crippen molar-refractivity contribution in [3.05, 3.63) is 46.8 Å². The van der Waals surface area contributed by atoms with Crippen molar-refractivity contribution in [3.63, 3.8) is 0 Å². The predicted octanol–water partition coefficient (Wildman–Crippen LogP) is 3.02. The summed E-state index contributed by atoms with van der Waals surface area (Å²) in [7, 11) is 3.48. The number of carbonyl (C=O) groups excluding carboxylic acids is 2. The quantitative estimate of drug-likeness (QED) is 0.862. The lowest BCUT2D eigenvalue weighted by atomic mass is 9.94. The molecule has 154 valence electrons. The van der Waals surface area contributed by atoms with Gasteiger partial charge in [0.25, 0.3) is 11.8 Å². The molecule has 4 rings (SSSR count). The van der Waals surface area contributed by atoms with Crippen molar-refractivity contribution >= 4 is 11.8 Å². The lowest BCUT2D eigenvalue weighted by Gasteiger charge is -2.31. The van der Waals surface area contributed by atoms with Crippen molar-refractivity contribution in [1.29, 1.82) is 0 Å². The molecule has 1 saturated carbocycles. The van der Waals surface area contributed by atoms with Crippen molar-refractivity contribution in [2.24, 2.45) is 0 Å². The van der Waals surface area contributed by atoms with Crippen LogP contribution in [-0.4, -0.2) is 58.6 Å². The third kappa shape index (κ3) is 3.86. The first-order valence-electron chi connectivity index (χ1n) is 10.3. The lowest BCUT2D eigenvalue weighted by molar-refractivity contribution is 0.0676. The molecule has 0 saturated heterocycles. The van der Waals surface area contributed by atoms with Gasteiger partial charge < -0.3 is 14.5 Å². The second-order valence-corrected chi connectivity index (χ2v) is 7.94. The number of ether oxygens (including phenoxy) is 1. The van der Waals surface area contributed by atoms with Gasteiger partial charge in [-0.1, -0.05) is 19.3 Å². The molecule has 2 heterocycles. The Morgan fingerprint density at radius 2 is 1.90 bits per heavy atom. The van der Waals surface area contributed by atoms with Crippen LogP contribution in [0.25, 0.3) is 0 Å². The van der Waals surface area contributed by atoms with Crippen molar-refractivity contribution in [1.82, 2.24) is 20.0 Å². The van der Waals surface area contributed by atoms with Crippen LogP contribution >= 0.6 is 0 Å². The Bertz CT molecular complexity index is 884. The summed E-state index contributed by atoms with van der Waals surface area (Å²) in [6.07, 6.45) is 6.37. The van der Waals surface area contributed by atoms with E-state index in [0.29, 0.717) is 30.8 Å². The van der Waals surface area contributed by atoms with Crippen molar-refractivity contribution < 1.29 is 14.3 Å². The van der Waals surface area contributed by atoms with Gasteiger partial charge in [0.2, 0.25) is 0 Å². The number of hydrogen-bond donors (Lipinski definition) is 1. The number of hydrogen-bond acceptors (Lipinski definition) is 4. The van der Waals surface area contributed by atoms with Crippen LogP contribution in [0.2, 0.25) is 0 Å². The molecule has 1 aliphatic carbocycles. The number of benzene rings is 1. The number of methoxy groups -OCH3 is 1. The molecule has 0 radical (unpaired) electrons. The van der Waals surface area contributed by atoms with Gasteiger partial charge in [-0.25, -0.2) is 0 Å².